The number of benzene rings is 13. The highest BCUT2D eigenvalue weighted by Crippen LogP contribution is 2.46. The molecule has 1 heterocycles. The van der Waals surface area contributed by atoms with Crippen molar-refractivity contribution in [1.29, 1.82) is 0 Å². The van der Waals surface area contributed by atoms with Gasteiger partial charge in [-0.2, -0.15) is 0 Å². The Morgan fingerprint density at radius 1 is 0.195 bits per heavy atom. The van der Waals surface area contributed by atoms with Crippen molar-refractivity contribution >= 4 is 77.6 Å². The molecule has 3 nitrogen and oxygen atoms in total. The molecule has 0 saturated heterocycles. The molecule has 0 atom stereocenters. The highest BCUT2D eigenvalue weighted by atomic mass is 16.3. The third-order valence-corrected chi connectivity index (χ3v) is 15.1. The Kier molecular flexibility index (Phi) is 11.5. The van der Waals surface area contributed by atoms with Crippen LogP contribution in [0.15, 0.2) is 308 Å². The standard InChI is InChI=1S/C74H50N2O/c1-5-15-51(16-6-1)55-25-36-61(37-26-55)75(62-38-27-56(28-39-62)52-17-7-2-8-18-52)63-44-33-59(34-45-63)60-35-47-70-72(49-60)77-74-69-48-46-66(50-71(69)67-23-13-14-24-68(67)73(70)74)76(64-40-29-57(30-41-64)53-19-9-3-10-20-53)65-42-31-58(32-43-65)54-21-11-4-12-22-54/h1-50H. The Morgan fingerprint density at radius 3 is 0.896 bits per heavy atom. The van der Waals surface area contributed by atoms with Gasteiger partial charge in [-0.25, -0.2) is 0 Å². The minimum Gasteiger partial charge on any atom is -0.455 e. The van der Waals surface area contributed by atoms with Gasteiger partial charge >= 0.3 is 0 Å². The van der Waals surface area contributed by atoms with Crippen LogP contribution < -0.4 is 9.80 Å². The average Bonchev–Trinajstić information content (AvgIpc) is 3.94. The first-order valence-corrected chi connectivity index (χ1v) is 26.3. The molecule has 0 bridgehead atoms. The summed E-state index contributed by atoms with van der Waals surface area (Å²) in [4.78, 5) is 4.69. The Hall–Kier alpha value is -10.2. The summed E-state index contributed by atoms with van der Waals surface area (Å²) in [6.07, 6.45) is 0. The van der Waals surface area contributed by atoms with Crippen LogP contribution in [0.5, 0.6) is 0 Å². The van der Waals surface area contributed by atoms with Crippen LogP contribution in [-0.4, -0.2) is 0 Å². The van der Waals surface area contributed by atoms with E-state index in [9.17, 15) is 0 Å². The maximum absolute atomic E-state index is 7.05. The molecule has 362 valence electrons. The molecule has 0 aliphatic carbocycles. The number of rotatable bonds is 11. The third kappa shape index (κ3) is 8.56. The van der Waals surface area contributed by atoms with Gasteiger partial charge in [-0.1, -0.05) is 212 Å². The molecule has 0 saturated carbocycles. The quantitative estimate of drug-likeness (QED) is 0.120. The van der Waals surface area contributed by atoms with Crippen LogP contribution in [-0.2, 0) is 0 Å². The van der Waals surface area contributed by atoms with Crippen molar-refractivity contribution in [3.8, 4) is 55.6 Å². The maximum Gasteiger partial charge on any atom is 0.143 e. The van der Waals surface area contributed by atoms with Crippen molar-refractivity contribution in [3.05, 3.63) is 303 Å². The molecule has 1 aromatic heterocycles. The van der Waals surface area contributed by atoms with Crippen LogP contribution >= 0.6 is 0 Å². The van der Waals surface area contributed by atoms with E-state index >= 15 is 0 Å². The summed E-state index contributed by atoms with van der Waals surface area (Å²) in [6.45, 7) is 0. The smallest absolute Gasteiger partial charge is 0.143 e. The summed E-state index contributed by atoms with van der Waals surface area (Å²) in [7, 11) is 0. The SMILES string of the molecule is c1ccc(-c2ccc(N(c3ccc(-c4ccccc4)cc3)c3ccc(-c4ccc5c(c4)oc4c6ccc(N(c7ccc(-c8ccccc8)cc7)c7ccc(-c8ccccc8)cc7)cc6c6ccccc6c54)cc3)cc2)cc1. The number of hydrogen-bond donors (Lipinski definition) is 0. The van der Waals surface area contributed by atoms with Gasteiger partial charge in [-0.15, -0.1) is 0 Å². The molecule has 0 amide bonds. The molecule has 77 heavy (non-hydrogen) atoms. The second-order valence-corrected chi connectivity index (χ2v) is 19.7. The van der Waals surface area contributed by atoms with E-state index in [1.54, 1.807) is 0 Å². The number of hydrogen-bond acceptors (Lipinski definition) is 3. The Labute approximate surface area is 448 Å². The number of fused-ring (bicyclic) bond motifs is 8. The predicted octanol–water partition coefficient (Wildman–Crippen LogP) is 21.2. The lowest BCUT2D eigenvalue weighted by Gasteiger charge is -2.26. The summed E-state index contributed by atoms with van der Waals surface area (Å²) in [5.41, 5.74) is 19.9. The van der Waals surface area contributed by atoms with E-state index in [-0.39, 0.29) is 0 Å². The second-order valence-electron chi connectivity index (χ2n) is 19.7. The number of furan rings is 1. The van der Waals surface area contributed by atoms with Crippen LogP contribution in [0.4, 0.5) is 34.1 Å². The number of nitrogens with zero attached hydrogens (tertiary/aromatic N) is 2. The monoisotopic (exact) mass is 982 g/mol. The minimum atomic E-state index is 0.862. The van der Waals surface area contributed by atoms with E-state index in [0.717, 1.165) is 78.0 Å². The summed E-state index contributed by atoms with van der Waals surface area (Å²) < 4.78 is 7.05. The van der Waals surface area contributed by atoms with Gasteiger partial charge in [0.15, 0.2) is 0 Å². The van der Waals surface area contributed by atoms with E-state index < -0.39 is 0 Å². The summed E-state index contributed by atoms with van der Waals surface area (Å²) >= 11 is 0. The summed E-state index contributed by atoms with van der Waals surface area (Å²) in [5, 5.41) is 6.81. The van der Waals surface area contributed by atoms with Gasteiger partial charge in [0, 0.05) is 50.3 Å². The van der Waals surface area contributed by atoms with E-state index in [4.69, 9.17) is 4.42 Å². The van der Waals surface area contributed by atoms with E-state index in [1.165, 1.54) is 55.3 Å². The van der Waals surface area contributed by atoms with E-state index in [0.29, 0.717) is 0 Å². The van der Waals surface area contributed by atoms with E-state index in [1.807, 2.05) is 0 Å². The Balaban J connectivity index is 0.835. The molecule has 0 unspecified atom stereocenters. The first kappa shape index (κ1) is 45.4. The number of anilines is 6. The highest BCUT2D eigenvalue weighted by molar-refractivity contribution is 6.30. The lowest BCUT2D eigenvalue weighted by Crippen LogP contribution is -2.10. The summed E-state index contributed by atoms with van der Waals surface area (Å²) in [6, 6.07) is 109. The predicted molar refractivity (Wildman–Crippen MR) is 325 cm³/mol. The fraction of sp³-hybridized carbons (Fsp3) is 0. The molecule has 3 heteroatoms. The molecule has 14 aromatic rings. The normalized spacial score (nSPS) is 11.4. The van der Waals surface area contributed by atoms with Gasteiger partial charge in [0.25, 0.3) is 0 Å². The molecular weight excluding hydrogens is 933 g/mol. The molecule has 0 fully saturated rings. The lowest BCUT2D eigenvalue weighted by atomic mass is 9.95. The topological polar surface area (TPSA) is 19.6 Å². The van der Waals surface area contributed by atoms with Crippen molar-refractivity contribution in [2.24, 2.45) is 0 Å². The van der Waals surface area contributed by atoms with Gasteiger partial charge in [0.05, 0.1) is 0 Å². The van der Waals surface area contributed by atoms with Gasteiger partial charge in [-0.05, 0) is 163 Å². The molecular formula is C74H50N2O. The summed E-state index contributed by atoms with van der Waals surface area (Å²) in [5.74, 6) is 0. The van der Waals surface area contributed by atoms with Crippen LogP contribution in [0.2, 0.25) is 0 Å². The lowest BCUT2D eigenvalue weighted by molar-refractivity contribution is 0.673. The zero-order valence-electron chi connectivity index (χ0n) is 42.2. The second kappa shape index (κ2) is 19.6. The zero-order chi connectivity index (χ0) is 51.1. The molecule has 0 spiro atoms. The van der Waals surface area contributed by atoms with Crippen molar-refractivity contribution < 1.29 is 4.42 Å². The largest absolute Gasteiger partial charge is 0.455 e. The Morgan fingerprint density at radius 2 is 0.494 bits per heavy atom. The van der Waals surface area contributed by atoms with Crippen molar-refractivity contribution in [2.45, 2.75) is 0 Å². The van der Waals surface area contributed by atoms with Crippen molar-refractivity contribution in [1.82, 2.24) is 0 Å². The fourth-order valence-corrected chi connectivity index (χ4v) is 11.2. The maximum atomic E-state index is 7.05. The molecule has 13 aromatic carbocycles. The molecule has 0 N–H and O–H groups in total. The third-order valence-electron chi connectivity index (χ3n) is 15.1. The van der Waals surface area contributed by atoms with Gasteiger partial charge < -0.3 is 14.2 Å². The molecule has 0 radical (unpaired) electrons. The first-order chi connectivity index (χ1) is 38.2. The van der Waals surface area contributed by atoms with Crippen LogP contribution in [0.25, 0.3) is 99.1 Å². The minimum absolute atomic E-state index is 0.862. The van der Waals surface area contributed by atoms with E-state index in [2.05, 4.69) is 313 Å². The van der Waals surface area contributed by atoms with Gasteiger partial charge in [-0.3, -0.25) is 0 Å². The zero-order valence-corrected chi connectivity index (χ0v) is 42.2. The highest BCUT2D eigenvalue weighted by Gasteiger charge is 2.21. The average molecular weight is 983 g/mol. The molecule has 14 rings (SSSR count). The fourth-order valence-electron chi connectivity index (χ4n) is 11.2. The van der Waals surface area contributed by atoms with Gasteiger partial charge in [0.2, 0.25) is 0 Å². The first-order valence-electron chi connectivity index (χ1n) is 26.3. The van der Waals surface area contributed by atoms with Crippen LogP contribution in [0.1, 0.15) is 0 Å². The van der Waals surface area contributed by atoms with Crippen LogP contribution in [0.3, 0.4) is 0 Å². The van der Waals surface area contributed by atoms with Crippen molar-refractivity contribution in [2.75, 3.05) is 9.80 Å². The van der Waals surface area contributed by atoms with Crippen LogP contribution in [0, 0.1) is 0 Å². The van der Waals surface area contributed by atoms with Gasteiger partial charge in [0.1, 0.15) is 11.2 Å². The Bertz CT molecular complexity index is 4200. The van der Waals surface area contributed by atoms with Crippen molar-refractivity contribution in [3.63, 3.8) is 0 Å². The molecule has 0 aliphatic heterocycles. The molecule has 0 aliphatic rings.